The Kier molecular flexibility index (Phi) is 5.88. The van der Waals surface area contributed by atoms with Crippen LogP contribution in [0.25, 0.3) is 0 Å². The van der Waals surface area contributed by atoms with Gasteiger partial charge in [0.1, 0.15) is 0 Å². The topological polar surface area (TPSA) is 69.7 Å². The molecule has 6 nitrogen and oxygen atoms in total. The second kappa shape index (κ2) is 7.53. The van der Waals surface area contributed by atoms with Crippen LogP contribution >= 0.6 is 0 Å². The Morgan fingerprint density at radius 1 is 0.875 bits per heavy atom. The summed E-state index contributed by atoms with van der Waals surface area (Å²) in [6.07, 6.45) is 3.16. The van der Waals surface area contributed by atoms with Crippen LogP contribution in [0, 0.1) is 11.3 Å². The summed E-state index contributed by atoms with van der Waals surface area (Å²) >= 11 is 0. The molecule has 0 aromatic rings. The smallest absolute Gasteiger partial charge is 0.225 e. The van der Waals surface area contributed by atoms with Crippen molar-refractivity contribution < 1.29 is 14.4 Å². The van der Waals surface area contributed by atoms with Gasteiger partial charge in [-0.25, -0.2) is 0 Å². The first-order valence-electron chi connectivity index (χ1n) is 9.03. The van der Waals surface area contributed by atoms with Crippen LogP contribution in [-0.4, -0.2) is 59.7 Å². The van der Waals surface area contributed by atoms with Crippen LogP contribution in [-0.2, 0) is 14.4 Å². The Bertz CT molecular complexity index is 482. The van der Waals surface area contributed by atoms with E-state index in [4.69, 9.17) is 0 Å². The quantitative estimate of drug-likeness (QED) is 0.828. The molecule has 0 bridgehead atoms. The molecule has 3 amide bonds. The first kappa shape index (κ1) is 18.7. The van der Waals surface area contributed by atoms with Crippen molar-refractivity contribution in [3.8, 4) is 0 Å². The average molecular weight is 337 g/mol. The Morgan fingerprint density at radius 3 is 1.83 bits per heavy atom. The highest BCUT2D eigenvalue weighted by Gasteiger charge is 2.32. The lowest BCUT2D eigenvalue weighted by molar-refractivity contribution is -0.141. The molecule has 0 saturated carbocycles. The van der Waals surface area contributed by atoms with E-state index in [1.807, 2.05) is 30.6 Å². The molecule has 2 rings (SSSR count). The third-order valence-corrected chi connectivity index (χ3v) is 5.11. The van der Waals surface area contributed by atoms with Crippen molar-refractivity contribution >= 4 is 17.7 Å². The predicted octanol–water partition coefficient (Wildman–Crippen LogP) is 1.40. The molecule has 2 heterocycles. The van der Waals surface area contributed by atoms with Crippen molar-refractivity contribution in [2.45, 2.75) is 59.4 Å². The zero-order valence-corrected chi connectivity index (χ0v) is 15.4. The van der Waals surface area contributed by atoms with Gasteiger partial charge in [-0.1, -0.05) is 20.8 Å². The van der Waals surface area contributed by atoms with Crippen LogP contribution in [0.15, 0.2) is 0 Å². The summed E-state index contributed by atoms with van der Waals surface area (Å²) in [6, 6.07) is 0.167. The van der Waals surface area contributed by atoms with Crippen LogP contribution < -0.4 is 5.32 Å². The Balaban J connectivity index is 1.77. The molecule has 0 radical (unpaired) electrons. The third kappa shape index (κ3) is 4.71. The van der Waals surface area contributed by atoms with Crippen LogP contribution in [0.1, 0.15) is 53.4 Å². The largest absolute Gasteiger partial charge is 0.353 e. The van der Waals surface area contributed by atoms with Crippen molar-refractivity contribution in [3.05, 3.63) is 0 Å². The second-order valence-electron chi connectivity index (χ2n) is 8.10. The minimum atomic E-state index is -0.377. The van der Waals surface area contributed by atoms with E-state index < -0.39 is 0 Å². The van der Waals surface area contributed by atoms with E-state index in [0.29, 0.717) is 26.2 Å². The zero-order valence-electron chi connectivity index (χ0n) is 15.4. The van der Waals surface area contributed by atoms with Gasteiger partial charge in [-0.05, 0) is 25.7 Å². The van der Waals surface area contributed by atoms with Gasteiger partial charge < -0.3 is 15.1 Å². The first-order chi connectivity index (χ1) is 11.2. The number of amides is 3. The highest BCUT2D eigenvalue weighted by molar-refractivity contribution is 5.82. The molecule has 0 atom stereocenters. The molecule has 0 spiro atoms. The van der Waals surface area contributed by atoms with E-state index in [-0.39, 0.29) is 35.1 Å². The highest BCUT2D eigenvalue weighted by atomic mass is 16.2. The molecule has 6 heteroatoms. The molecule has 2 saturated heterocycles. The van der Waals surface area contributed by atoms with E-state index in [2.05, 4.69) is 5.32 Å². The van der Waals surface area contributed by atoms with Gasteiger partial charge in [0.25, 0.3) is 0 Å². The van der Waals surface area contributed by atoms with Crippen LogP contribution in [0.5, 0.6) is 0 Å². The number of piperidine rings is 2. The standard InChI is InChI=1S/C18H31N3O3/c1-13(22)20-9-5-14(6-10-20)16(23)21-11-7-15(8-12-21)19-17(24)18(2,3)4/h14-15H,5-12H2,1-4H3,(H,19,24). The summed E-state index contributed by atoms with van der Waals surface area (Å²) < 4.78 is 0. The SMILES string of the molecule is CC(=O)N1CCC(C(=O)N2CCC(NC(=O)C(C)(C)C)CC2)CC1. The number of carbonyl (C=O) groups excluding carboxylic acids is 3. The predicted molar refractivity (Wildman–Crippen MR) is 92.2 cm³/mol. The van der Waals surface area contributed by atoms with Crippen LogP contribution in [0.4, 0.5) is 0 Å². The van der Waals surface area contributed by atoms with E-state index in [1.165, 1.54) is 0 Å². The summed E-state index contributed by atoms with van der Waals surface area (Å²) in [5, 5.41) is 3.10. The lowest BCUT2D eigenvalue weighted by atomic mass is 9.92. The fourth-order valence-corrected chi connectivity index (χ4v) is 3.35. The highest BCUT2D eigenvalue weighted by Crippen LogP contribution is 2.22. The number of rotatable bonds is 2. The summed E-state index contributed by atoms with van der Waals surface area (Å²) in [7, 11) is 0. The fourth-order valence-electron chi connectivity index (χ4n) is 3.35. The van der Waals surface area contributed by atoms with Gasteiger partial charge in [-0.15, -0.1) is 0 Å². The minimum Gasteiger partial charge on any atom is -0.353 e. The van der Waals surface area contributed by atoms with Crippen molar-refractivity contribution in [1.82, 2.24) is 15.1 Å². The van der Waals surface area contributed by atoms with Crippen LogP contribution in [0.3, 0.4) is 0 Å². The normalized spacial score (nSPS) is 20.8. The zero-order chi connectivity index (χ0) is 17.9. The van der Waals surface area contributed by atoms with E-state index >= 15 is 0 Å². The van der Waals surface area contributed by atoms with Gasteiger partial charge in [0.2, 0.25) is 17.7 Å². The van der Waals surface area contributed by atoms with Crippen molar-refractivity contribution in [1.29, 1.82) is 0 Å². The fraction of sp³-hybridized carbons (Fsp3) is 0.833. The second-order valence-corrected chi connectivity index (χ2v) is 8.10. The molecule has 2 fully saturated rings. The van der Waals surface area contributed by atoms with E-state index in [0.717, 1.165) is 25.7 Å². The Labute approximate surface area is 144 Å². The van der Waals surface area contributed by atoms with Crippen molar-refractivity contribution in [2.24, 2.45) is 11.3 Å². The Morgan fingerprint density at radius 2 is 1.38 bits per heavy atom. The van der Waals surface area contributed by atoms with Gasteiger partial charge in [-0.3, -0.25) is 14.4 Å². The van der Waals surface area contributed by atoms with E-state index in [1.54, 1.807) is 6.92 Å². The maximum Gasteiger partial charge on any atom is 0.225 e. The maximum absolute atomic E-state index is 12.7. The summed E-state index contributed by atoms with van der Waals surface area (Å²) in [6.45, 7) is 10.1. The van der Waals surface area contributed by atoms with Crippen molar-refractivity contribution in [2.75, 3.05) is 26.2 Å². The third-order valence-electron chi connectivity index (χ3n) is 5.11. The van der Waals surface area contributed by atoms with Gasteiger partial charge >= 0.3 is 0 Å². The van der Waals surface area contributed by atoms with Gasteiger partial charge in [0, 0.05) is 50.5 Å². The summed E-state index contributed by atoms with van der Waals surface area (Å²) in [4.78, 5) is 39.8. The molecule has 24 heavy (non-hydrogen) atoms. The minimum absolute atomic E-state index is 0.0429. The molecular weight excluding hydrogens is 306 g/mol. The summed E-state index contributed by atoms with van der Waals surface area (Å²) in [5.41, 5.74) is -0.377. The number of carbonyl (C=O) groups is 3. The maximum atomic E-state index is 12.7. The molecule has 2 aliphatic rings. The molecule has 0 aliphatic carbocycles. The number of hydrogen-bond acceptors (Lipinski definition) is 3. The molecule has 0 aromatic heterocycles. The first-order valence-corrected chi connectivity index (χ1v) is 9.03. The lowest BCUT2D eigenvalue weighted by Crippen LogP contribution is -2.51. The molecule has 136 valence electrons. The van der Waals surface area contributed by atoms with Crippen molar-refractivity contribution in [3.63, 3.8) is 0 Å². The lowest BCUT2D eigenvalue weighted by Gasteiger charge is -2.37. The summed E-state index contributed by atoms with van der Waals surface area (Å²) in [5.74, 6) is 0.431. The number of hydrogen-bond donors (Lipinski definition) is 1. The van der Waals surface area contributed by atoms with Gasteiger partial charge in [-0.2, -0.15) is 0 Å². The molecule has 0 unspecified atom stereocenters. The average Bonchev–Trinajstić information content (AvgIpc) is 2.54. The number of likely N-dealkylation sites (tertiary alicyclic amines) is 2. The number of nitrogens with one attached hydrogen (secondary N) is 1. The Hall–Kier alpha value is -1.59. The van der Waals surface area contributed by atoms with Gasteiger partial charge in [0.15, 0.2) is 0 Å². The molecule has 1 N–H and O–H groups in total. The monoisotopic (exact) mass is 337 g/mol. The molecule has 2 aliphatic heterocycles. The van der Waals surface area contributed by atoms with E-state index in [9.17, 15) is 14.4 Å². The molecular formula is C18H31N3O3. The van der Waals surface area contributed by atoms with Gasteiger partial charge in [0.05, 0.1) is 0 Å². The van der Waals surface area contributed by atoms with Crippen LogP contribution in [0.2, 0.25) is 0 Å². The molecule has 0 aromatic carbocycles. The number of nitrogens with zero attached hydrogens (tertiary/aromatic N) is 2.